The molecule has 3 heteroatoms. The monoisotopic (exact) mass is 265 g/mol. The molecule has 0 aliphatic heterocycles. The van der Waals surface area contributed by atoms with Crippen molar-refractivity contribution in [2.24, 2.45) is 0 Å². The summed E-state index contributed by atoms with van der Waals surface area (Å²) in [5, 5.41) is 19.8. The van der Waals surface area contributed by atoms with Gasteiger partial charge in [-0.15, -0.1) is 0 Å². The van der Waals surface area contributed by atoms with Crippen LogP contribution in [0.1, 0.15) is 70.1 Å². The third-order valence-corrected chi connectivity index (χ3v) is 3.44. The maximum absolute atomic E-state index is 9.94. The zero-order valence-electron chi connectivity index (χ0n) is 12.0. The lowest BCUT2D eigenvalue weighted by Crippen LogP contribution is -2.09. The Morgan fingerprint density at radius 1 is 1.00 bits per heavy atom. The van der Waals surface area contributed by atoms with Crippen LogP contribution in [0.25, 0.3) is 0 Å². The van der Waals surface area contributed by atoms with Crippen molar-refractivity contribution in [1.29, 1.82) is 0 Å². The highest BCUT2D eigenvalue weighted by Crippen LogP contribution is 2.18. The molecule has 0 aliphatic rings. The Morgan fingerprint density at radius 2 is 1.79 bits per heavy atom. The molecule has 0 amide bonds. The summed E-state index contributed by atoms with van der Waals surface area (Å²) < 4.78 is 0. The number of hydrogen-bond acceptors (Lipinski definition) is 3. The number of unbranched alkanes of at least 4 members (excludes halogenated alkanes) is 4. The summed E-state index contributed by atoms with van der Waals surface area (Å²) in [6, 6.07) is 5.53. The number of pyridine rings is 1. The molecule has 0 saturated heterocycles. The maximum Gasteiger partial charge on any atom is 0.0960 e. The minimum absolute atomic E-state index is 0.292. The number of aliphatic hydroxyl groups is 2. The molecule has 2 atom stereocenters. The average molecular weight is 265 g/mol. The lowest BCUT2D eigenvalue weighted by molar-refractivity contribution is 0.105. The smallest absolute Gasteiger partial charge is 0.0960 e. The van der Waals surface area contributed by atoms with Crippen molar-refractivity contribution in [2.45, 2.75) is 70.5 Å². The Labute approximate surface area is 116 Å². The minimum Gasteiger partial charge on any atom is -0.393 e. The molecule has 0 spiro atoms. The molecule has 19 heavy (non-hydrogen) atoms. The lowest BCUT2D eigenvalue weighted by Gasteiger charge is -2.13. The van der Waals surface area contributed by atoms with Gasteiger partial charge in [-0.2, -0.15) is 0 Å². The molecule has 1 heterocycles. The van der Waals surface area contributed by atoms with Crippen LogP contribution in [0.2, 0.25) is 0 Å². The Kier molecular flexibility index (Phi) is 8.43. The van der Waals surface area contributed by atoms with Crippen molar-refractivity contribution in [2.75, 3.05) is 0 Å². The van der Waals surface area contributed by atoms with Crippen LogP contribution in [-0.4, -0.2) is 21.3 Å². The highest BCUT2D eigenvalue weighted by molar-refractivity contribution is 5.06. The molecule has 0 radical (unpaired) electrons. The largest absolute Gasteiger partial charge is 0.393 e. The third kappa shape index (κ3) is 7.28. The lowest BCUT2D eigenvalue weighted by atomic mass is 10.0. The second-order valence-electron chi connectivity index (χ2n) is 5.20. The molecule has 0 fully saturated rings. The number of hydrogen-bond donors (Lipinski definition) is 2. The van der Waals surface area contributed by atoms with E-state index in [-0.39, 0.29) is 6.10 Å². The van der Waals surface area contributed by atoms with Crippen molar-refractivity contribution in [3.8, 4) is 0 Å². The fourth-order valence-corrected chi connectivity index (χ4v) is 2.20. The summed E-state index contributed by atoms with van der Waals surface area (Å²) in [5.41, 5.74) is 0.692. The average Bonchev–Trinajstić information content (AvgIpc) is 2.45. The highest BCUT2D eigenvalue weighted by atomic mass is 16.3. The molecule has 108 valence electrons. The predicted molar refractivity (Wildman–Crippen MR) is 77.8 cm³/mol. The number of aliphatic hydroxyl groups excluding tert-OH is 2. The maximum atomic E-state index is 9.94. The van der Waals surface area contributed by atoms with Crippen LogP contribution < -0.4 is 0 Å². The summed E-state index contributed by atoms with van der Waals surface area (Å²) >= 11 is 0. The van der Waals surface area contributed by atoms with Crippen LogP contribution in [0.15, 0.2) is 24.4 Å². The van der Waals surface area contributed by atoms with Gasteiger partial charge in [0.15, 0.2) is 0 Å². The van der Waals surface area contributed by atoms with Gasteiger partial charge in [0.2, 0.25) is 0 Å². The van der Waals surface area contributed by atoms with E-state index in [2.05, 4.69) is 11.9 Å². The topological polar surface area (TPSA) is 53.4 Å². The molecule has 0 aromatic carbocycles. The fourth-order valence-electron chi connectivity index (χ4n) is 2.20. The van der Waals surface area contributed by atoms with E-state index >= 15 is 0 Å². The van der Waals surface area contributed by atoms with E-state index < -0.39 is 6.10 Å². The third-order valence-electron chi connectivity index (χ3n) is 3.44. The van der Waals surface area contributed by atoms with Crippen molar-refractivity contribution in [1.82, 2.24) is 4.98 Å². The van der Waals surface area contributed by atoms with Gasteiger partial charge in [-0.25, -0.2) is 0 Å². The molecule has 2 unspecified atom stereocenters. The van der Waals surface area contributed by atoms with E-state index in [1.165, 1.54) is 25.7 Å². The SMILES string of the molecule is CCCCCCCC(O)CCC(O)c1ccccn1. The first-order valence-corrected chi connectivity index (χ1v) is 7.51. The first kappa shape index (κ1) is 16.1. The quantitative estimate of drug-likeness (QED) is 0.635. The molecular weight excluding hydrogens is 238 g/mol. The normalized spacial score (nSPS) is 14.3. The zero-order chi connectivity index (χ0) is 13.9. The van der Waals surface area contributed by atoms with E-state index in [0.29, 0.717) is 18.5 Å². The van der Waals surface area contributed by atoms with Crippen molar-refractivity contribution < 1.29 is 10.2 Å². The van der Waals surface area contributed by atoms with Crippen LogP contribution in [-0.2, 0) is 0 Å². The first-order valence-electron chi connectivity index (χ1n) is 7.51. The van der Waals surface area contributed by atoms with Gasteiger partial charge in [0.1, 0.15) is 0 Å². The molecule has 3 nitrogen and oxygen atoms in total. The molecule has 0 aliphatic carbocycles. The molecular formula is C16H27NO2. The van der Waals surface area contributed by atoms with Crippen LogP contribution >= 0.6 is 0 Å². The number of rotatable bonds is 10. The van der Waals surface area contributed by atoms with Crippen molar-refractivity contribution in [3.63, 3.8) is 0 Å². The highest BCUT2D eigenvalue weighted by Gasteiger charge is 2.11. The van der Waals surface area contributed by atoms with Crippen LogP contribution in [0, 0.1) is 0 Å². The number of aromatic nitrogens is 1. The second kappa shape index (κ2) is 9.93. The molecule has 2 N–H and O–H groups in total. The predicted octanol–water partition coefficient (Wildman–Crippen LogP) is 3.62. The Bertz CT molecular complexity index is 316. The van der Waals surface area contributed by atoms with Crippen molar-refractivity contribution in [3.05, 3.63) is 30.1 Å². The van der Waals surface area contributed by atoms with Gasteiger partial charge in [0.25, 0.3) is 0 Å². The second-order valence-corrected chi connectivity index (χ2v) is 5.20. The molecule has 1 aromatic rings. The van der Waals surface area contributed by atoms with Gasteiger partial charge >= 0.3 is 0 Å². The summed E-state index contributed by atoms with van der Waals surface area (Å²) in [7, 11) is 0. The van der Waals surface area contributed by atoms with E-state index in [1.807, 2.05) is 18.2 Å². The van der Waals surface area contributed by atoms with Crippen LogP contribution in [0.5, 0.6) is 0 Å². The Balaban J connectivity index is 2.11. The number of nitrogens with zero attached hydrogens (tertiary/aromatic N) is 1. The first-order chi connectivity index (χ1) is 9.24. The van der Waals surface area contributed by atoms with E-state index in [9.17, 15) is 10.2 Å². The van der Waals surface area contributed by atoms with E-state index in [1.54, 1.807) is 6.20 Å². The molecule has 1 aromatic heterocycles. The van der Waals surface area contributed by atoms with Crippen LogP contribution in [0.3, 0.4) is 0 Å². The summed E-state index contributed by atoms with van der Waals surface area (Å²) in [5.74, 6) is 0. The van der Waals surface area contributed by atoms with Gasteiger partial charge in [0.05, 0.1) is 17.9 Å². The molecule has 0 saturated carbocycles. The van der Waals surface area contributed by atoms with E-state index in [4.69, 9.17) is 0 Å². The Morgan fingerprint density at radius 3 is 2.47 bits per heavy atom. The van der Waals surface area contributed by atoms with Gasteiger partial charge in [-0.3, -0.25) is 4.98 Å². The minimum atomic E-state index is -0.559. The van der Waals surface area contributed by atoms with Crippen LogP contribution in [0.4, 0.5) is 0 Å². The van der Waals surface area contributed by atoms with Gasteiger partial charge in [0, 0.05) is 6.20 Å². The van der Waals surface area contributed by atoms with Gasteiger partial charge < -0.3 is 10.2 Å². The summed E-state index contributed by atoms with van der Waals surface area (Å²) in [6.07, 6.45) is 8.98. The van der Waals surface area contributed by atoms with Gasteiger partial charge in [-0.1, -0.05) is 45.1 Å². The molecule has 0 bridgehead atoms. The summed E-state index contributed by atoms with van der Waals surface area (Å²) in [6.45, 7) is 2.20. The van der Waals surface area contributed by atoms with Crippen molar-refractivity contribution >= 4 is 0 Å². The molecule has 1 rings (SSSR count). The zero-order valence-corrected chi connectivity index (χ0v) is 12.0. The van der Waals surface area contributed by atoms with Gasteiger partial charge in [-0.05, 0) is 31.4 Å². The standard InChI is InChI=1S/C16H27NO2/c1-2-3-4-5-6-9-14(18)11-12-16(19)15-10-7-8-13-17-15/h7-8,10,13-14,16,18-19H,2-6,9,11-12H2,1H3. The Hall–Kier alpha value is -0.930. The fraction of sp³-hybridized carbons (Fsp3) is 0.688. The van der Waals surface area contributed by atoms with E-state index in [0.717, 1.165) is 12.8 Å². The summed E-state index contributed by atoms with van der Waals surface area (Å²) in [4.78, 5) is 4.12.